The summed E-state index contributed by atoms with van der Waals surface area (Å²) in [5, 5.41) is 3.52. The van der Waals surface area contributed by atoms with Crippen molar-refractivity contribution in [3.8, 4) is 0 Å². The van der Waals surface area contributed by atoms with Crippen molar-refractivity contribution in [1.29, 1.82) is 0 Å². The summed E-state index contributed by atoms with van der Waals surface area (Å²) in [5.41, 5.74) is 0. The summed E-state index contributed by atoms with van der Waals surface area (Å²) in [5.74, 6) is 1.76. The van der Waals surface area contributed by atoms with Gasteiger partial charge in [0.1, 0.15) is 0 Å². The molecule has 2 nitrogen and oxygen atoms in total. The molecule has 0 aromatic heterocycles. The van der Waals surface area contributed by atoms with Crippen LogP contribution in [-0.2, 0) is 4.74 Å². The molecule has 1 heterocycles. The third kappa shape index (κ3) is 2.48. The molecule has 0 bridgehead atoms. The third-order valence-electron chi connectivity index (χ3n) is 3.51. The van der Waals surface area contributed by atoms with Gasteiger partial charge in [-0.3, -0.25) is 0 Å². The zero-order valence-corrected chi connectivity index (χ0v) is 9.62. The first kappa shape index (κ1) is 10.4. The number of hydrogen-bond donors (Lipinski definition) is 1. The second kappa shape index (κ2) is 4.19. The molecule has 1 saturated carbocycles. The van der Waals surface area contributed by atoms with Crippen LogP contribution < -0.4 is 5.32 Å². The SMILES string of the molecule is CC(C)NCC1CC1C1CCC(C)O1. The van der Waals surface area contributed by atoms with Gasteiger partial charge < -0.3 is 10.1 Å². The fraction of sp³-hybridized carbons (Fsp3) is 1.00. The van der Waals surface area contributed by atoms with E-state index < -0.39 is 0 Å². The number of hydrogen-bond acceptors (Lipinski definition) is 2. The molecular formula is C12H23NO. The highest BCUT2D eigenvalue weighted by Crippen LogP contribution is 2.45. The second-order valence-corrected chi connectivity index (χ2v) is 5.29. The lowest BCUT2D eigenvalue weighted by atomic mass is 10.1. The van der Waals surface area contributed by atoms with Crippen LogP contribution in [0.3, 0.4) is 0 Å². The summed E-state index contributed by atoms with van der Waals surface area (Å²) < 4.78 is 5.89. The maximum atomic E-state index is 5.89. The summed E-state index contributed by atoms with van der Waals surface area (Å²) in [6.45, 7) is 7.82. The van der Waals surface area contributed by atoms with E-state index in [2.05, 4.69) is 26.1 Å². The molecule has 0 amide bonds. The van der Waals surface area contributed by atoms with Crippen molar-refractivity contribution < 1.29 is 4.74 Å². The Morgan fingerprint density at radius 2 is 2.14 bits per heavy atom. The average molecular weight is 197 g/mol. The lowest BCUT2D eigenvalue weighted by Gasteiger charge is -2.11. The number of rotatable bonds is 4. The Labute approximate surface area is 87.4 Å². The van der Waals surface area contributed by atoms with Crippen molar-refractivity contribution in [2.45, 2.75) is 58.3 Å². The van der Waals surface area contributed by atoms with Gasteiger partial charge in [-0.1, -0.05) is 13.8 Å². The van der Waals surface area contributed by atoms with Gasteiger partial charge in [-0.15, -0.1) is 0 Å². The van der Waals surface area contributed by atoms with Crippen molar-refractivity contribution >= 4 is 0 Å². The van der Waals surface area contributed by atoms with Gasteiger partial charge in [0.25, 0.3) is 0 Å². The minimum Gasteiger partial charge on any atom is -0.375 e. The van der Waals surface area contributed by atoms with Gasteiger partial charge in [0, 0.05) is 6.04 Å². The van der Waals surface area contributed by atoms with Crippen LogP contribution in [0.25, 0.3) is 0 Å². The molecule has 2 heteroatoms. The Kier molecular flexibility index (Phi) is 3.13. The predicted octanol–water partition coefficient (Wildman–Crippen LogP) is 2.19. The second-order valence-electron chi connectivity index (χ2n) is 5.29. The van der Waals surface area contributed by atoms with Crippen molar-refractivity contribution in [1.82, 2.24) is 5.32 Å². The molecule has 2 aliphatic rings. The molecule has 1 aliphatic carbocycles. The van der Waals surface area contributed by atoms with Crippen molar-refractivity contribution in [3.63, 3.8) is 0 Å². The fourth-order valence-electron chi connectivity index (χ4n) is 2.50. The van der Waals surface area contributed by atoms with E-state index >= 15 is 0 Å². The Morgan fingerprint density at radius 1 is 1.36 bits per heavy atom. The highest BCUT2D eigenvalue weighted by molar-refractivity contribution is 4.95. The minimum atomic E-state index is 0.513. The standard InChI is InChI=1S/C12H23NO/c1-8(2)13-7-10-6-11(10)12-5-4-9(3)14-12/h8-13H,4-7H2,1-3H3. The van der Waals surface area contributed by atoms with Gasteiger partial charge in [0.15, 0.2) is 0 Å². The van der Waals surface area contributed by atoms with Crippen molar-refractivity contribution in [2.24, 2.45) is 11.8 Å². The van der Waals surface area contributed by atoms with E-state index in [0.29, 0.717) is 18.2 Å². The highest BCUT2D eigenvalue weighted by atomic mass is 16.5. The molecule has 0 aromatic rings. The maximum Gasteiger partial charge on any atom is 0.0611 e. The smallest absolute Gasteiger partial charge is 0.0611 e. The van der Waals surface area contributed by atoms with Crippen LogP contribution in [0.5, 0.6) is 0 Å². The van der Waals surface area contributed by atoms with Gasteiger partial charge in [-0.05, 0) is 44.6 Å². The summed E-state index contributed by atoms with van der Waals surface area (Å²) in [6, 6.07) is 0.625. The molecule has 0 radical (unpaired) electrons. The van der Waals surface area contributed by atoms with E-state index in [-0.39, 0.29) is 0 Å². The van der Waals surface area contributed by atoms with E-state index in [1.54, 1.807) is 0 Å². The molecule has 2 fully saturated rings. The molecule has 4 unspecified atom stereocenters. The zero-order chi connectivity index (χ0) is 10.1. The first-order chi connectivity index (χ1) is 6.66. The van der Waals surface area contributed by atoms with E-state index in [1.165, 1.54) is 25.8 Å². The molecule has 0 spiro atoms. The van der Waals surface area contributed by atoms with Gasteiger partial charge in [-0.2, -0.15) is 0 Å². The number of nitrogens with one attached hydrogen (secondary N) is 1. The van der Waals surface area contributed by atoms with Crippen LogP contribution in [0.15, 0.2) is 0 Å². The van der Waals surface area contributed by atoms with Crippen LogP contribution in [0.1, 0.15) is 40.0 Å². The lowest BCUT2D eigenvalue weighted by Crippen LogP contribution is -2.26. The van der Waals surface area contributed by atoms with Crippen molar-refractivity contribution in [2.75, 3.05) is 6.54 Å². The molecule has 2 rings (SSSR count). The van der Waals surface area contributed by atoms with E-state index in [4.69, 9.17) is 4.74 Å². The van der Waals surface area contributed by atoms with Gasteiger partial charge in [0.2, 0.25) is 0 Å². The van der Waals surface area contributed by atoms with Gasteiger partial charge in [0.05, 0.1) is 12.2 Å². The predicted molar refractivity (Wildman–Crippen MR) is 58.3 cm³/mol. The molecule has 4 atom stereocenters. The summed E-state index contributed by atoms with van der Waals surface area (Å²) >= 11 is 0. The maximum absolute atomic E-state index is 5.89. The molecule has 1 N–H and O–H groups in total. The molecule has 1 aliphatic heterocycles. The van der Waals surface area contributed by atoms with Crippen LogP contribution in [-0.4, -0.2) is 24.8 Å². The van der Waals surface area contributed by atoms with Gasteiger partial charge in [-0.25, -0.2) is 0 Å². The Morgan fingerprint density at radius 3 is 2.71 bits per heavy atom. The molecule has 0 aromatic carbocycles. The molecule has 14 heavy (non-hydrogen) atoms. The quantitative estimate of drug-likeness (QED) is 0.746. The van der Waals surface area contributed by atoms with Gasteiger partial charge >= 0.3 is 0 Å². The topological polar surface area (TPSA) is 21.3 Å². The first-order valence-electron chi connectivity index (χ1n) is 6.05. The molecule has 1 saturated heterocycles. The summed E-state index contributed by atoms with van der Waals surface area (Å²) in [4.78, 5) is 0. The summed E-state index contributed by atoms with van der Waals surface area (Å²) in [7, 11) is 0. The lowest BCUT2D eigenvalue weighted by molar-refractivity contribution is 0.0396. The monoisotopic (exact) mass is 197 g/mol. The largest absolute Gasteiger partial charge is 0.375 e. The Balaban J connectivity index is 1.66. The first-order valence-corrected chi connectivity index (χ1v) is 6.05. The normalized spacial score (nSPS) is 42.0. The molecule has 82 valence electrons. The Hall–Kier alpha value is -0.0800. The highest BCUT2D eigenvalue weighted by Gasteiger charge is 2.45. The Bertz CT molecular complexity index is 193. The minimum absolute atomic E-state index is 0.513. The van der Waals surface area contributed by atoms with Crippen molar-refractivity contribution in [3.05, 3.63) is 0 Å². The summed E-state index contributed by atoms with van der Waals surface area (Å²) in [6.07, 6.45) is 5.05. The number of ether oxygens (including phenoxy) is 1. The fourth-order valence-corrected chi connectivity index (χ4v) is 2.50. The van der Waals surface area contributed by atoms with Crippen LogP contribution >= 0.6 is 0 Å². The molecular weight excluding hydrogens is 174 g/mol. The zero-order valence-electron chi connectivity index (χ0n) is 9.62. The van der Waals surface area contributed by atoms with E-state index in [0.717, 1.165) is 11.8 Å². The van der Waals surface area contributed by atoms with E-state index in [9.17, 15) is 0 Å². The van der Waals surface area contributed by atoms with E-state index in [1.807, 2.05) is 0 Å². The van der Waals surface area contributed by atoms with Crippen LogP contribution in [0, 0.1) is 11.8 Å². The average Bonchev–Trinajstić information content (AvgIpc) is 2.78. The van der Waals surface area contributed by atoms with Crippen LogP contribution in [0.2, 0.25) is 0 Å². The third-order valence-corrected chi connectivity index (χ3v) is 3.51. The van der Waals surface area contributed by atoms with Crippen LogP contribution in [0.4, 0.5) is 0 Å².